The molecule has 0 spiro atoms. The van der Waals surface area contributed by atoms with Gasteiger partial charge in [-0.05, 0) is 12.5 Å². The maximum atomic E-state index is 12.1. The van der Waals surface area contributed by atoms with E-state index in [2.05, 4.69) is 5.32 Å². The fraction of sp³-hybridized carbons (Fsp3) is 0.500. The van der Waals surface area contributed by atoms with E-state index in [0.29, 0.717) is 0 Å². The number of ether oxygens (including phenoxy) is 1. The van der Waals surface area contributed by atoms with Gasteiger partial charge in [-0.15, -0.1) is 0 Å². The van der Waals surface area contributed by atoms with Crippen LogP contribution in [0.15, 0.2) is 30.3 Å². The lowest BCUT2D eigenvalue weighted by Crippen LogP contribution is -2.46. The monoisotopic (exact) mass is 308 g/mol. The smallest absolute Gasteiger partial charge is 0.317 e. The molecule has 0 aliphatic rings. The lowest BCUT2D eigenvalue weighted by atomic mass is 9.96. The highest BCUT2D eigenvalue weighted by atomic mass is 16.5. The normalized spacial score (nSPS) is 14.7. The third kappa shape index (κ3) is 4.73. The summed E-state index contributed by atoms with van der Waals surface area (Å²) in [4.78, 5) is 24.2. The maximum absolute atomic E-state index is 12.1. The molecule has 22 heavy (non-hydrogen) atoms. The van der Waals surface area contributed by atoms with Crippen molar-refractivity contribution in [2.75, 3.05) is 27.2 Å². The first kappa shape index (κ1) is 18.0. The second kappa shape index (κ2) is 7.79. The third-order valence-electron chi connectivity index (χ3n) is 3.73. The molecule has 0 saturated carbocycles. The number of carbonyl (C=O) groups is 2. The fourth-order valence-electron chi connectivity index (χ4n) is 2.03. The Hall–Kier alpha value is -2.08. The summed E-state index contributed by atoms with van der Waals surface area (Å²) in [5.41, 5.74) is 0.315. The summed E-state index contributed by atoms with van der Waals surface area (Å²) in [6.45, 7) is 3.90. The van der Waals surface area contributed by atoms with E-state index in [1.807, 2.05) is 37.3 Å². The molecule has 2 unspecified atom stereocenters. The number of hydrogen-bond acceptors (Lipinski definition) is 3. The predicted octanol–water partition coefficient (Wildman–Crippen LogP) is 1.91. The number of hydrogen-bond donors (Lipinski definition) is 2. The molecular formula is C16H24N2O4. The highest BCUT2D eigenvalue weighted by Crippen LogP contribution is 2.23. The lowest BCUT2D eigenvalue weighted by Gasteiger charge is -2.30. The van der Waals surface area contributed by atoms with Gasteiger partial charge in [0.15, 0.2) is 0 Å². The van der Waals surface area contributed by atoms with Crippen molar-refractivity contribution in [2.45, 2.75) is 19.4 Å². The topological polar surface area (TPSA) is 78.9 Å². The summed E-state index contributed by atoms with van der Waals surface area (Å²) in [6.07, 6.45) is 0. The minimum Gasteiger partial charge on any atom is -0.481 e. The Morgan fingerprint density at radius 2 is 1.95 bits per heavy atom. The molecule has 1 rings (SSSR count). The number of carboxylic acid groups (broad SMARTS) is 1. The molecule has 0 radical (unpaired) electrons. The van der Waals surface area contributed by atoms with Gasteiger partial charge in [-0.25, -0.2) is 4.79 Å². The summed E-state index contributed by atoms with van der Waals surface area (Å²) in [5, 5.41) is 11.7. The molecule has 0 bridgehead atoms. The molecule has 0 aliphatic carbocycles. The van der Waals surface area contributed by atoms with E-state index in [-0.39, 0.29) is 19.1 Å². The Balaban J connectivity index is 2.63. The molecular weight excluding hydrogens is 284 g/mol. The summed E-state index contributed by atoms with van der Waals surface area (Å²) in [7, 11) is 3.16. The van der Waals surface area contributed by atoms with Crippen molar-refractivity contribution in [1.29, 1.82) is 0 Å². The molecule has 0 heterocycles. The molecule has 6 heteroatoms. The highest BCUT2D eigenvalue weighted by molar-refractivity contribution is 5.75. The van der Waals surface area contributed by atoms with Crippen LogP contribution in [0.1, 0.15) is 19.4 Å². The van der Waals surface area contributed by atoms with E-state index in [9.17, 15) is 9.59 Å². The minimum atomic E-state index is -0.925. The average molecular weight is 308 g/mol. The third-order valence-corrected chi connectivity index (χ3v) is 3.73. The number of urea groups is 1. The zero-order chi connectivity index (χ0) is 16.8. The molecule has 2 N–H and O–H groups in total. The van der Waals surface area contributed by atoms with Crippen molar-refractivity contribution in [3.63, 3.8) is 0 Å². The number of amides is 2. The Kier molecular flexibility index (Phi) is 6.37. The number of carboxylic acids is 1. The van der Waals surface area contributed by atoms with Crippen LogP contribution >= 0.6 is 0 Å². The minimum absolute atomic E-state index is 0.149. The molecule has 0 fully saturated rings. The fourth-order valence-corrected chi connectivity index (χ4v) is 2.03. The molecule has 2 atom stereocenters. The van der Waals surface area contributed by atoms with E-state index in [0.717, 1.165) is 5.56 Å². The first-order chi connectivity index (χ1) is 10.3. The van der Waals surface area contributed by atoms with Crippen LogP contribution in [0, 0.1) is 5.92 Å². The number of rotatable bonds is 7. The number of benzene rings is 1. The van der Waals surface area contributed by atoms with Gasteiger partial charge in [-0.1, -0.05) is 37.3 Å². The van der Waals surface area contributed by atoms with E-state index in [1.165, 1.54) is 4.90 Å². The Bertz CT molecular complexity index is 506. The maximum Gasteiger partial charge on any atom is 0.317 e. The average Bonchev–Trinajstić information content (AvgIpc) is 2.52. The van der Waals surface area contributed by atoms with Gasteiger partial charge < -0.3 is 20.1 Å². The summed E-state index contributed by atoms with van der Waals surface area (Å²) in [5.74, 6) is -1.54. The molecule has 1 aromatic rings. The van der Waals surface area contributed by atoms with Crippen LogP contribution < -0.4 is 5.32 Å². The van der Waals surface area contributed by atoms with Crippen LogP contribution in [0.5, 0.6) is 0 Å². The number of methoxy groups -OCH3 is 1. The lowest BCUT2D eigenvalue weighted by molar-refractivity contribution is -0.141. The van der Waals surface area contributed by atoms with Crippen LogP contribution in [0.4, 0.5) is 4.79 Å². The highest BCUT2D eigenvalue weighted by Gasteiger charge is 2.27. The Morgan fingerprint density at radius 3 is 2.45 bits per heavy atom. The van der Waals surface area contributed by atoms with Crippen molar-refractivity contribution in [1.82, 2.24) is 10.2 Å². The van der Waals surface area contributed by atoms with Gasteiger partial charge in [0.05, 0.1) is 12.5 Å². The second-order valence-corrected chi connectivity index (χ2v) is 5.58. The number of aliphatic carboxylic acids is 1. The molecule has 6 nitrogen and oxygen atoms in total. The zero-order valence-electron chi connectivity index (χ0n) is 13.5. The first-order valence-corrected chi connectivity index (χ1v) is 7.12. The van der Waals surface area contributed by atoms with E-state index >= 15 is 0 Å². The molecule has 122 valence electrons. The molecule has 0 aliphatic heterocycles. The molecule has 2 amide bonds. The predicted molar refractivity (Wildman–Crippen MR) is 83.6 cm³/mol. The molecule has 1 aromatic carbocycles. The second-order valence-electron chi connectivity index (χ2n) is 5.58. The van der Waals surface area contributed by atoms with Crippen molar-refractivity contribution in [3.8, 4) is 0 Å². The number of nitrogens with one attached hydrogen (secondary N) is 1. The zero-order valence-corrected chi connectivity index (χ0v) is 13.5. The van der Waals surface area contributed by atoms with Gasteiger partial charge in [-0.2, -0.15) is 0 Å². The van der Waals surface area contributed by atoms with Crippen LogP contribution in [0.2, 0.25) is 0 Å². The largest absolute Gasteiger partial charge is 0.481 e. The Labute approximate surface area is 131 Å². The molecule has 0 saturated heterocycles. The van der Waals surface area contributed by atoms with Gasteiger partial charge in [0.1, 0.15) is 5.60 Å². The van der Waals surface area contributed by atoms with Gasteiger partial charge in [0.2, 0.25) is 0 Å². The summed E-state index contributed by atoms with van der Waals surface area (Å²) in [6, 6.07) is 9.29. The van der Waals surface area contributed by atoms with Crippen LogP contribution in [-0.4, -0.2) is 49.3 Å². The number of carbonyl (C=O) groups excluding carboxylic acids is 1. The van der Waals surface area contributed by atoms with E-state index < -0.39 is 17.5 Å². The van der Waals surface area contributed by atoms with Crippen molar-refractivity contribution in [2.24, 2.45) is 5.92 Å². The molecule has 0 aromatic heterocycles. The standard InChI is InChI=1S/C16H24N2O4/c1-12(14(19)20)10-18(3)15(21)17-11-16(2,22-4)13-8-6-5-7-9-13/h5-9,12H,10-11H2,1-4H3,(H,17,21)(H,19,20). The van der Waals surface area contributed by atoms with Crippen molar-refractivity contribution in [3.05, 3.63) is 35.9 Å². The van der Waals surface area contributed by atoms with Gasteiger partial charge in [-0.3, -0.25) is 4.79 Å². The van der Waals surface area contributed by atoms with Crippen molar-refractivity contribution < 1.29 is 19.4 Å². The van der Waals surface area contributed by atoms with Crippen LogP contribution in [-0.2, 0) is 15.1 Å². The van der Waals surface area contributed by atoms with Gasteiger partial charge in [0.25, 0.3) is 0 Å². The van der Waals surface area contributed by atoms with E-state index in [4.69, 9.17) is 9.84 Å². The SMILES string of the molecule is COC(C)(CNC(=O)N(C)CC(C)C(=O)O)c1ccccc1. The van der Waals surface area contributed by atoms with Crippen LogP contribution in [0.25, 0.3) is 0 Å². The van der Waals surface area contributed by atoms with Gasteiger partial charge >= 0.3 is 12.0 Å². The summed E-state index contributed by atoms with van der Waals surface area (Å²) >= 11 is 0. The Morgan fingerprint density at radius 1 is 1.36 bits per heavy atom. The van der Waals surface area contributed by atoms with Crippen LogP contribution in [0.3, 0.4) is 0 Å². The summed E-state index contributed by atoms with van der Waals surface area (Å²) < 4.78 is 5.55. The quantitative estimate of drug-likeness (QED) is 0.806. The van der Waals surface area contributed by atoms with Crippen molar-refractivity contribution >= 4 is 12.0 Å². The first-order valence-electron chi connectivity index (χ1n) is 7.12. The van der Waals surface area contributed by atoms with E-state index in [1.54, 1.807) is 21.1 Å². The number of nitrogens with zero attached hydrogens (tertiary/aromatic N) is 1. The van der Waals surface area contributed by atoms with Gasteiger partial charge in [0, 0.05) is 20.7 Å².